The van der Waals surface area contributed by atoms with E-state index >= 15 is 0 Å². The quantitative estimate of drug-likeness (QED) is 0.204. The van der Waals surface area contributed by atoms with Gasteiger partial charge in [0.1, 0.15) is 0 Å². The van der Waals surface area contributed by atoms with Crippen LogP contribution in [0.2, 0.25) is 0 Å². The molecule has 0 aliphatic rings. The molecule has 0 amide bonds. The van der Waals surface area contributed by atoms with Crippen molar-refractivity contribution < 1.29 is 8.42 Å². The third-order valence-corrected chi connectivity index (χ3v) is 4.59. The molecule has 0 saturated carbocycles. The van der Waals surface area contributed by atoms with Crippen LogP contribution in [-0.4, -0.2) is 56.1 Å². The van der Waals surface area contributed by atoms with Crippen molar-refractivity contribution in [3.8, 4) is 0 Å². The van der Waals surface area contributed by atoms with Gasteiger partial charge in [-0.3, -0.25) is 9.67 Å². The van der Waals surface area contributed by atoms with Gasteiger partial charge >= 0.3 is 0 Å². The lowest BCUT2D eigenvalue weighted by molar-refractivity contribution is 0.585. The average Bonchev–Trinajstić information content (AvgIpc) is 2.72. The predicted octanol–water partition coefficient (Wildman–Crippen LogP) is 1.08. The minimum atomic E-state index is -3.13. The molecule has 0 aromatic carbocycles. The molecule has 3 N–H and O–H groups in total. The first-order chi connectivity index (χ1) is 11.6. The largest absolute Gasteiger partial charge is 0.357 e. The number of hydrogen-bond acceptors (Lipinski definition) is 4. The molecule has 0 radical (unpaired) electrons. The lowest BCUT2D eigenvalue weighted by Crippen LogP contribution is -2.43. The van der Waals surface area contributed by atoms with Gasteiger partial charge in [-0.15, -0.1) is 24.0 Å². The molecule has 10 heteroatoms. The summed E-state index contributed by atoms with van der Waals surface area (Å²) in [6.45, 7) is 9.96. The Morgan fingerprint density at radius 1 is 1.35 bits per heavy atom. The Bertz CT molecular complexity index is 687. The number of halogens is 1. The average molecular weight is 500 g/mol. The van der Waals surface area contributed by atoms with Crippen molar-refractivity contribution in [2.75, 3.05) is 25.9 Å². The van der Waals surface area contributed by atoms with E-state index in [0.29, 0.717) is 19.5 Å². The molecule has 0 fully saturated rings. The molecular weight excluding hydrogens is 467 g/mol. The summed E-state index contributed by atoms with van der Waals surface area (Å²) in [5, 5.41) is 11.1. The van der Waals surface area contributed by atoms with Gasteiger partial charge in [0, 0.05) is 38.4 Å². The Balaban J connectivity index is 0.00000625. The van der Waals surface area contributed by atoms with Crippen molar-refractivity contribution in [3.63, 3.8) is 0 Å². The fourth-order valence-electron chi connectivity index (χ4n) is 2.55. The molecule has 0 aliphatic heterocycles. The Morgan fingerprint density at radius 2 is 2.00 bits per heavy atom. The molecule has 0 saturated heterocycles. The molecule has 1 rings (SSSR count). The van der Waals surface area contributed by atoms with Gasteiger partial charge in [0.15, 0.2) is 5.96 Å². The molecule has 1 unspecified atom stereocenters. The fourth-order valence-corrected chi connectivity index (χ4v) is 3.07. The zero-order chi connectivity index (χ0) is 19.0. The topological polar surface area (TPSA) is 100 Å². The Hall–Kier alpha value is -0.880. The summed E-state index contributed by atoms with van der Waals surface area (Å²) in [4.78, 5) is 4.50. The number of sulfonamides is 1. The number of guanidine groups is 1. The van der Waals surface area contributed by atoms with Crippen LogP contribution in [0.1, 0.15) is 37.2 Å². The molecule has 0 bridgehead atoms. The van der Waals surface area contributed by atoms with E-state index in [0.717, 1.165) is 30.9 Å². The second-order valence-electron chi connectivity index (χ2n) is 6.30. The zero-order valence-corrected chi connectivity index (χ0v) is 19.7. The van der Waals surface area contributed by atoms with Crippen LogP contribution in [0, 0.1) is 13.8 Å². The van der Waals surface area contributed by atoms with E-state index in [2.05, 4.69) is 39.3 Å². The van der Waals surface area contributed by atoms with Gasteiger partial charge in [-0.05, 0) is 46.1 Å². The number of aromatic nitrogens is 2. The van der Waals surface area contributed by atoms with Gasteiger partial charge in [0.25, 0.3) is 0 Å². The number of aryl methyl sites for hydroxylation is 2. The van der Waals surface area contributed by atoms with E-state index in [4.69, 9.17) is 0 Å². The summed E-state index contributed by atoms with van der Waals surface area (Å²) in [6.07, 6.45) is 2.68. The maximum Gasteiger partial charge on any atom is 0.208 e. The third-order valence-electron chi connectivity index (χ3n) is 3.87. The zero-order valence-electron chi connectivity index (χ0n) is 16.6. The summed E-state index contributed by atoms with van der Waals surface area (Å²) in [5.74, 6) is 0.744. The summed E-state index contributed by atoms with van der Waals surface area (Å²) in [5.41, 5.74) is 3.50. The van der Waals surface area contributed by atoms with Gasteiger partial charge in [-0.1, -0.05) is 0 Å². The highest BCUT2D eigenvalue weighted by atomic mass is 127. The van der Waals surface area contributed by atoms with Crippen molar-refractivity contribution in [2.24, 2.45) is 12.0 Å². The monoisotopic (exact) mass is 500 g/mol. The molecule has 1 atom stereocenters. The first-order valence-corrected chi connectivity index (χ1v) is 10.5. The summed E-state index contributed by atoms with van der Waals surface area (Å²) >= 11 is 0. The van der Waals surface area contributed by atoms with Crippen LogP contribution >= 0.6 is 24.0 Å². The highest BCUT2D eigenvalue weighted by molar-refractivity contribution is 14.0. The number of nitrogens with zero attached hydrogens (tertiary/aromatic N) is 3. The third kappa shape index (κ3) is 9.17. The standard InChI is InChI=1S/C16H32N6O2S.HI/c1-7-17-16(18-9-8-10-19-25(6,23)24)20-12(2)11-15-13(3)21-22(5)14(15)4;/h12,19H,7-11H2,1-6H3,(H2,17,18,20);1H. The highest BCUT2D eigenvalue weighted by Crippen LogP contribution is 2.14. The van der Waals surface area contributed by atoms with Crippen molar-refractivity contribution in [2.45, 2.75) is 46.6 Å². The van der Waals surface area contributed by atoms with Crippen LogP contribution in [0.15, 0.2) is 4.99 Å². The van der Waals surface area contributed by atoms with E-state index < -0.39 is 10.0 Å². The van der Waals surface area contributed by atoms with Gasteiger partial charge < -0.3 is 10.6 Å². The van der Waals surface area contributed by atoms with Crippen molar-refractivity contribution >= 4 is 40.0 Å². The predicted molar refractivity (Wildman–Crippen MR) is 118 cm³/mol. The van der Waals surface area contributed by atoms with Crippen molar-refractivity contribution in [3.05, 3.63) is 17.0 Å². The van der Waals surface area contributed by atoms with Crippen LogP contribution in [-0.2, 0) is 23.5 Å². The number of nitrogens with one attached hydrogen (secondary N) is 3. The minimum Gasteiger partial charge on any atom is -0.357 e. The SMILES string of the molecule is CCNC(=NCCCNS(C)(=O)=O)NC(C)Cc1c(C)nn(C)c1C.I. The maximum absolute atomic E-state index is 11.0. The molecule has 1 aromatic rings. The fraction of sp³-hybridized carbons (Fsp3) is 0.750. The van der Waals surface area contributed by atoms with E-state index in [-0.39, 0.29) is 30.0 Å². The summed E-state index contributed by atoms with van der Waals surface area (Å²) in [6, 6.07) is 0.202. The molecule has 0 spiro atoms. The molecule has 1 aromatic heterocycles. The van der Waals surface area contributed by atoms with Gasteiger partial charge in [0.05, 0.1) is 11.9 Å². The highest BCUT2D eigenvalue weighted by Gasteiger charge is 2.13. The number of rotatable bonds is 9. The second-order valence-corrected chi connectivity index (χ2v) is 8.14. The lowest BCUT2D eigenvalue weighted by Gasteiger charge is -2.18. The Morgan fingerprint density at radius 3 is 2.50 bits per heavy atom. The van der Waals surface area contributed by atoms with Gasteiger partial charge in [-0.25, -0.2) is 13.1 Å². The van der Waals surface area contributed by atoms with Crippen LogP contribution in [0.5, 0.6) is 0 Å². The van der Waals surface area contributed by atoms with E-state index in [1.807, 2.05) is 25.6 Å². The van der Waals surface area contributed by atoms with Gasteiger partial charge in [0.2, 0.25) is 10.0 Å². The van der Waals surface area contributed by atoms with Crippen LogP contribution < -0.4 is 15.4 Å². The van der Waals surface area contributed by atoms with E-state index in [1.54, 1.807) is 0 Å². The number of aliphatic imine (C=N–C) groups is 1. The molecule has 152 valence electrons. The molecule has 8 nitrogen and oxygen atoms in total. The van der Waals surface area contributed by atoms with E-state index in [9.17, 15) is 8.42 Å². The Kier molecular flexibility index (Phi) is 11.4. The molecule has 0 aliphatic carbocycles. The van der Waals surface area contributed by atoms with Crippen molar-refractivity contribution in [1.29, 1.82) is 0 Å². The first kappa shape index (κ1) is 25.1. The van der Waals surface area contributed by atoms with Crippen LogP contribution in [0.4, 0.5) is 0 Å². The van der Waals surface area contributed by atoms with E-state index in [1.165, 1.54) is 11.3 Å². The van der Waals surface area contributed by atoms with Gasteiger partial charge in [-0.2, -0.15) is 5.10 Å². The van der Waals surface area contributed by atoms with Crippen LogP contribution in [0.3, 0.4) is 0 Å². The Labute approximate surface area is 174 Å². The first-order valence-electron chi connectivity index (χ1n) is 8.62. The normalized spacial score (nSPS) is 13.2. The minimum absolute atomic E-state index is 0. The van der Waals surface area contributed by atoms with Crippen LogP contribution in [0.25, 0.3) is 0 Å². The number of hydrogen-bond donors (Lipinski definition) is 3. The van der Waals surface area contributed by atoms with Crippen molar-refractivity contribution in [1.82, 2.24) is 25.1 Å². The summed E-state index contributed by atoms with van der Waals surface area (Å²) in [7, 11) is -1.17. The molecular formula is C16H33IN6O2S. The molecule has 26 heavy (non-hydrogen) atoms. The summed E-state index contributed by atoms with van der Waals surface area (Å²) < 4.78 is 26.4. The lowest BCUT2D eigenvalue weighted by atomic mass is 10.1. The molecule has 1 heterocycles. The smallest absolute Gasteiger partial charge is 0.208 e. The second kappa shape index (κ2) is 11.8. The maximum atomic E-state index is 11.0.